The maximum atomic E-state index is 12.6. The van der Waals surface area contributed by atoms with Crippen LogP contribution in [0.3, 0.4) is 0 Å². The van der Waals surface area contributed by atoms with Gasteiger partial charge in [-0.1, -0.05) is 0 Å². The number of amides is 1. The Labute approximate surface area is 117 Å². The lowest BCUT2D eigenvalue weighted by molar-refractivity contribution is 0.0690. The van der Waals surface area contributed by atoms with E-state index in [4.69, 9.17) is 5.73 Å². The number of rotatable bonds is 3. The Hall–Kier alpha value is -1.95. The molecule has 20 heavy (non-hydrogen) atoms. The zero-order chi connectivity index (χ0) is 13.9. The Morgan fingerprint density at radius 1 is 1.35 bits per heavy atom. The summed E-state index contributed by atoms with van der Waals surface area (Å²) in [7, 11) is 0. The highest BCUT2D eigenvalue weighted by Gasteiger charge is 2.25. The minimum absolute atomic E-state index is 0.0548. The van der Waals surface area contributed by atoms with Gasteiger partial charge in [-0.3, -0.25) is 9.78 Å². The van der Waals surface area contributed by atoms with Crippen molar-refractivity contribution in [2.45, 2.75) is 19.3 Å². The monoisotopic (exact) mass is 273 g/mol. The molecular weight excluding hydrogens is 254 g/mol. The summed E-state index contributed by atoms with van der Waals surface area (Å²) in [5.41, 5.74) is 6.99. The largest absolute Gasteiger partial charge is 0.339 e. The van der Waals surface area contributed by atoms with Gasteiger partial charge < -0.3 is 10.6 Å². The standard InChI is InChI=1S/C14H19N5O/c15-4-1-11-2-6-18(7-3-11)14(20)12-9-17-19-8-5-16-10-13(12)19/h5,8-11H,1-4,6-7,15H2. The van der Waals surface area contributed by atoms with Gasteiger partial charge in [-0.25, -0.2) is 4.52 Å². The molecule has 0 unspecified atom stereocenters. The molecule has 0 saturated carbocycles. The molecule has 2 aromatic rings. The summed E-state index contributed by atoms with van der Waals surface area (Å²) >= 11 is 0. The van der Waals surface area contributed by atoms with Crippen LogP contribution in [0.25, 0.3) is 5.52 Å². The number of carbonyl (C=O) groups excluding carboxylic acids is 1. The average Bonchev–Trinajstić information content (AvgIpc) is 2.92. The molecule has 2 aromatic heterocycles. The fourth-order valence-electron chi connectivity index (χ4n) is 2.83. The molecule has 3 heterocycles. The zero-order valence-electron chi connectivity index (χ0n) is 11.4. The Morgan fingerprint density at radius 3 is 2.90 bits per heavy atom. The summed E-state index contributed by atoms with van der Waals surface area (Å²) < 4.78 is 1.68. The predicted octanol–water partition coefficient (Wildman–Crippen LogP) is 0.930. The van der Waals surface area contributed by atoms with Crippen molar-refractivity contribution >= 4 is 11.4 Å². The highest BCUT2D eigenvalue weighted by Crippen LogP contribution is 2.22. The van der Waals surface area contributed by atoms with E-state index in [1.165, 1.54) is 0 Å². The quantitative estimate of drug-likeness (QED) is 0.902. The van der Waals surface area contributed by atoms with E-state index in [1.807, 2.05) is 4.90 Å². The maximum absolute atomic E-state index is 12.6. The molecule has 0 aliphatic carbocycles. The van der Waals surface area contributed by atoms with Crippen molar-refractivity contribution in [3.05, 3.63) is 30.4 Å². The van der Waals surface area contributed by atoms with Crippen molar-refractivity contribution in [3.8, 4) is 0 Å². The van der Waals surface area contributed by atoms with Crippen LogP contribution in [0.2, 0.25) is 0 Å². The third-order valence-electron chi connectivity index (χ3n) is 4.03. The van der Waals surface area contributed by atoms with Crippen LogP contribution in [-0.2, 0) is 0 Å². The second-order valence-electron chi connectivity index (χ2n) is 5.28. The molecule has 3 rings (SSSR count). The van der Waals surface area contributed by atoms with Crippen LogP contribution in [0.5, 0.6) is 0 Å². The van der Waals surface area contributed by atoms with Gasteiger partial charge in [0.25, 0.3) is 5.91 Å². The Kier molecular flexibility index (Phi) is 3.64. The first-order valence-electron chi connectivity index (χ1n) is 7.06. The van der Waals surface area contributed by atoms with E-state index in [0.29, 0.717) is 11.5 Å². The van der Waals surface area contributed by atoms with Gasteiger partial charge in [0.05, 0.1) is 23.5 Å². The van der Waals surface area contributed by atoms with Gasteiger partial charge in [0.1, 0.15) is 0 Å². The second-order valence-corrected chi connectivity index (χ2v) is 5.28. The van der Waals surface area contributed by atoms with E-state index in [9.17, 15) is 4.79 Å². The van der Waals surface area contributed by atoms with Gasteiger partial charge in [-0.05, 0) is 31.7 Å². The SMILES string of the molecule is NCCC1CCN(C(=O)c2cnn3ccncc23)CC1. The van der Waals surface area contributed by atoms with Crippen LogP contribution in [0.15, 0.2) is 24.8 Å². The van der Waals surface area contributed by atoms with Crippen LogP contribution in [-0.4, -0.2) is 45.0 Å². The maximum Gasteiger partial charge on any atom is 0.257 e. The lowest BCUT2D eigenvalue weighted by Gasteiger charge is -2.31. The normalized spacial score (nSPS) is 16.8. The summed E-state index contributed by atoms with van der Waals surface area (Å²) in [5.74, 6) is 0.717. The first-order chi connectivity index (χ1) is 9.79. The van der Waals surface area contributed by atoms with Gasteiger partial charge in [0.15, 0.2) is 0 Å². The smallest absolute Gasteiger partial charge is 0.257 e. The molecule has 1 fully saturated rings. The van der Waals surface area contributed by atoms with Crippen molar-refractivity contribution in [1.29, 1.82) is 0 Å². The minimum atomic E-state index is 0.0548. The molecule has 1 aliphatic heterocycles. The molecule has 1 amide bonds. The van der Waals surface area contributed by atoms with E-state index in [1.54, 1.807) is 29.3 Å². The predicted molar refractivity (Wildman–Crippen MR) is 75.3 cm³/mol. The third-order valence-corrected chi connectivity index (χ3v) is 4.03. The van der Waals surface area contributed by atoms with Crippen LogP contribution in [0, 0.1) is 5.92 Å². The molecule has 0 atom stereocenters. The van der Waals surface area contributed by atoms with Gasteiger partial charge in [-0.15, -0.1) is 0 Å². The Balaban J connectivity index is 1.74. The molecule has 0 radical (unpaired) electrons. The van der Waals surface area contributed by atoms with E-state index in [-0.39, 0.29) is 5.91 Å². The van der Waals surface area contributed by atoms with Crippen molar-refractivity contribution in [2.24, 2.45) is 11.7 Å². The Bertz CT molecular complexity index is 600. The number of piperidine rings is 1. The fraction of sp³-hybridized carbons (Fsp3) is 0.500. The molecule has 1 aliphatic rings. The fourth-order valence-corrected chi connectivity index (χ4v) is 2.83. The molecule has 6 heteroatoms. The molecule has 1 saturated heterocycles. The molecule has 2 N–H and O–H groups in total. The Morgan fingerprint density at radius 2 is 2.15 bits per heavy atom. The van der Waals surface area contributed by atoms with E-state index in [2.05, 4.69) is 10.1 Å². The highest BCUT2D eigenvalue weighted by molar-refractivity contribution is 6.00. The third kappa shape index (κ3) is 2.38. The molecule has 6 nitrogen and oxygen atoms in total. The number of aromatic nitrogens is 3. The average molecular weight is 273 g/mol. The first-order valence-corrected chi connectivity index (χ1v) is 7.06. The number of hydrogen-bond acceptors (Lipinski definition) is 4. The number of likely N-dealkylation sites (tertiary alicyclic amines) is 1. The van der Waals surface area contributed by atoms with Crippen molar-refractivity contribution in [3.63, 3.8) is 0 Å². The van der Waals surface area contributed by atoms with E-state index >= 15 is 0 Å². The lowest BCUT2D eigenvalue weighted by atomic mass is 9.93. The first kappa shape index (κ1) is 13.1. The zero-order valence-corrected chi connectivity index (χ0v) is 11.4. The van der Waals surface area contributed by atoms with Gasteiger partial charge in [-0.2, -0.15) is 5.10 Å². The summed E-state index contributed by atoms with van der Waals surface area (Å²) in [6.45, 7) is 2.35. The van der Waals surface area contributed by atoms with Crippen molar-refractivity contribution in [2.75, 3.05) is 19.6 Å². The van der Waals surface area contributed by atoms with Crippen LogP contribution in [0.4, 0.5) is 0 Å². The molecule has 0 bridgehead atoms. The number of fused-ring (bicyclic) bond motifs is 1. The van der Waals surface area contributed by atoms with Crippen LogP contribution >= 0.6 is 0 Å². The lowest BCUT2D eigenvalue weighted by Crippen LogP contribution is -2.38. The number of hydrogen-bond donors (Lipinski definition) is 1. The van der Waals surface area contributed by atoms with Crippen LogP contribution < -0.4 is 5.73 Å². The van der Waals surface area contributed by atoms with E-state index < -0.39 is 0 Å². The minimum Gasteiger partial charge on any atom is -0.339 e. The molecular formula is C14H19N5O. The molecule has 0 aromatic carbocycles. The summed E-state index contributed by atoms with van der Waals surface area (Å²) in [4.78, 5) is 18.5. The van der Waals surface area contributed by atoms with Gasteiger partial charge in [0, 0.05) is 25.5 Å². The number of nitrogens with zero attached hydrogens (tertiary/aromatic N) is 4. The van der Waals surface area contributed by atoms with Gasteiger partial charge in [0.2, 0.25) is 0 Å². The number of nitrogens with two attached hydrogens (primary N) is 1. The summed E-state index contributed by atoms with van der Waals surface area (Å²) in [6.07, 6.45) is 9.86. The summed E-state index contributed by atoms with van der Waals surface area (Å²) in [6, 6.07) is 0. The second kappa shape index (κ2) is 5.58. The topological polar surface area (TPSA) is 76.5 Å². The molecule has 0 spiro atoms. The summed E-state index contributed by atoms with van der Waals surface area (Å²) in [5, 5.41) is 4.19. The molecule has 106 valence electrons. The van der Waals surface area contributed by atoms with Gasteiger partial charge >= 0.3 is 0 Å². The van der Waals surface area contributed by atoms with Crippen molar-refractivity contribution in [1.82, 2.24) is 19.5 Å². The van der Waals surface area contributed by atoms with E-state index in [0.717, 1.165) is 44.4 Å². The number of carbonyl (C=O) groups is 1. The highest BCUT2D eigenvalue weighted by atomic mass is 16.2. The van der Waals surface area contributed by atoms with Crippen LogP contribution in [0.1, 0.15) is 29.6 Å². The van der Waals surface area contributed by atoms with Crippen molar-refractivity contribution < 1.29 is 4.79 Å².